The summed E-state index contributed by atoms with van der Waals surface area (Å²) in [5.41, 5.74) is 3.13. The van der Waals surface area contributed by atoms with Crippen LogP contribution >= 0.6 is 11.6 Å². The normalized spacial score (nSPS) is 17.1. The summed E-state index contributed by atoms with van der Waals surface area (Å²) >= 11 is 5.92. The lowest BCUT2D eigenvalue weighted by Gasteiger charge is -2.23. The third kappa shape index (κ3) is 3.22. The van der Waals surface area contributed by atoms with Crippen molar-refractivity contribution in [2.75, 3.05) is 0 Å². The van der Waals surface area contributed by atoms with Gasteiger partial charge in [-0.1, -0.05) is 41.0 Å². The molecule has 3 aromatic rings. The van der Waals surface area contributed by atoms with Crippen molar-refractivity contribution >= 4 is 17.5 Å². The van der Waals surface area contributed by atoms with Crippen LogP contribution in [0.1, 0.15) is 35.9 Å². The molecule has 0 N–H and O–H groups in total. The van der Waals surface area contributed by atoms with Gasteiger partial charge in [0, 0.05) is 23.6 Å². The van der Waals surface area contributed by atoms with Crippen LogP contribution in [-0.4, -0.2) is 20.9 Å². The van der Waals surface area contributed by atoms with Gasteiger partial charge in [0.05, 0.1) is 0 Å². The molecular weight excluding hydrogens is 350 g/mol. The Labute approximate surface area is 156 Å². The molecule has 6 heteroatoms. The van der Waals surface area contributed by atoms with E-state index in [4.69, 9.17) is 16.1 Å². The molecule has 26 heavy (non-hydrogen) atoms. The highest BCUT2D eigenvalue weighted by atomic mass is 35.5. The third-order valence-electron chi connectivity index (χ3n) is 4.76. The molecular formula is C20H18ClN3O2. The van der Waals surface area contributed by atoms with Crippen LogP contribution in [0.3, 0.4) is 0 Å². The SMILES string of the molecule is Cc1ccccc1CN1C(=O)CCC1c1nc(-c2ccc(Cl)cc2)no1. The van der Waals surface area contributed by atoms with Crippen molar-refractivity contribution < 1.29 is 9.32 Å². The van der Waals surface area contributed by atoms with Gasteiger partial charge in [-0.25, -0.2) is 0 Å². The fourth-order valence-electron chi connectivity index (χ4n) is 3.25. The number of carbonyl (C=O) groups is 1. The van der Waals surface area contributed by atoms with Gasteiger partial charge in [0.15, 0.2) is 0 Å². The molecule has 2 aromatic carbocycles. The molecule has 1 aliphatic rings. The minimum Gasteiger partial charge on any atom is -0.337 e. The Balaban J connectivity index is 1.59. The molecule has 0 aliphatic carbocycles. The topological polar surface area (TPSA) is 59.2 Å². The molecule has 5 nitrogen and oxygen atoms in total. The summed E-state index contributed by atoms with van der Waals surface area (Å²) < 4.78 is 5.49. The van der Waals surface area contributed by atoms with Crippen LogP contribution in [0.15, 0.2) is 53.1 Å². The maximum Gasteiger partial charge on any atom is 0.249 e. The summed E-state index contributed by atoms with van der Waals surface area (Å²) in [6.45, 7) is 2.60. The number of aryl methyl sites for hydroxylation is 1. The third-order valence-corrected chi connectivity index (χ3v) is 5.01. The quantitative estimate of drug-likeness (QED) is 0.678. The lowest BCUT2D eigenvalue weighted by Crippen LogP contribution is -2.27. The molecule has 1 saturated heterocycles. The zero-order chi connectivity index (χ0) is 18.1. The van der Waals surface area contributed by atoms with Gasteiger partial charge in [-0.3, -0.25) is 4.79 Å². The van der Waals surface area contributed by atoms with Crippen LogP contribution in [0.4, 0.5) is 0 Å². The molecule has 4 rings (SSSR count). The first-order valence-electron chi connectivity index (χ1n) is 8.55. The van der Waals surface area contributed by atoms with E-state index in [1.807, 2.05) is 35.2 Å². The number of halogens is 1. The second-order valence-corrected chi connectivity index (χ2v) is 6.90. The highest BCUT2D eigenvalue weighted by Gasteiger charge is 2.36. The summed E-state index contributed by atoms with van der Waals surface area (Å²) in [5.74, 6) is 1.10. The van der Waals surface area contributed by atoms with Crippen molar-refractivity contribution in [1.82, 2.24) is 15.0 Å². The molecule has 1 unspecified atom stereocenters. The molecule has 132 valence electrons. The van der Waals surface area contributed by atoms with Crippen molar-refractivity contribution in [2.45, 2.75) is 32.4 Å². The van der Waals surface area contributed by atoms with Crippen LogP contribution in [-0.2, 0) is 11.3 Å². The van der Waals surface area contributed by atoms with Crippen molar-refractivity contribution in [3.63, 3.8) is 0 Å². The average Bonchev–Trinajstić information content (AvgIpc) is 3.25. The van der Waals surface area contributed by atoms with E-state index >= 15 is 0 Å². The number of aromatic nitrogens is 2. The van der Waals surface area contributed by atoms with Gasteiger partial charge < -0.3 is 9.42 Å². The summed E-state index contributed by atoms with van der Waals surface area (Å²) in [7, 11) is 0. The molecule has 1 amide bonds. The first-order chi connectivity index (χ1) is 12.6. The summed E-state index contributed by atoms with van der Waals surface area (Å²) in [5, 5.41) is 4.73. The van der Waals surface area contributed by atoms with Crippen LogP contribution in [0.5, 0.6) is 0 Å². The number of likely N-dealkylation sites (tertiary alicyclic amines) is 1. The summed E-state index contributed by atoms with van der Waals surface area (Å²) in [6.07, 6.45) is 1.18. The number of carbonyl (C=O) groups excluding carboxylic acids is 1. The standard InChI is InChI=1S/C20H18ClN3O2/c1-13-4-2-3-5-15(13)12-24-17(10-11-18(24)25)20-22-19(23-26-20)14-6-8-16(21)9-7-14/h2-9,17H,10-12H2,1H3. The predicted octanol–water partition coefficient (Wildman–Crippen LogP) is 4.56. The lowest BCUT2D eigenvalue weighted by atomic mass is 10.1. The van der Waals surface area contributed by atoms with Gasteiger partial charge in [-0.05, 0) is 48.7 Å². The summed E-state index contributed by atoms with van der Waals surface area (Å²) in [4.78, 5) is 18.8. The zero-order valence-electron chi connectivity index (χ0n) is 14.4. The number of hydrogen-bond donors (Lipinski definition) is 0. The van der Waals surface area contributed by atoms with Crippen molar-refractivity contribution in [3.8, 4) is 11.4 Å². The minimum absolute atomic E-state index is 0.115. The molecule has 0 radical (unpaired) electrons. The largest absolute Gasteiger partial charge is 0.337 e. The van der Waals surface area contributed by atoms with E-state index < -0.39 is 0 Å². The second kappa shape index (κ2) is 6.92. The average molecular weight is 368 g/mol. The fourth-order valence-corrected chi connectivity index (χ4v) is 3.37. The van der Waals surface area contributed by atoms with Gasteiger partial charge in [0.1, 0.15) is 6.04 Å². The van der Waals surface area contributed by atoms with Gasteiger partial charge in [-0.2, -0.15) is 4.98 Å². The predicted molar refractivity (Wildman–Crippen MR) is 98.4 cm³/mol. The number of nitrogens with zero attached hydrogens (tertiary/aromatic N) is 3. The number of hydrogen-bond acceptors (Lipinski definition) is 4. The van der Waals surface area contributed by atoms with E-state index in [-0.39, 0.29) is 11.9 Å². The van der Waals surface area contributed by atoms with Crippen molar-refractivity contribution in [2.24, 2.45) is 0 Å². The first-order valence-corrected chi connectivity index (χ1v) is 8.93. The highest BCUT2D eigenvalue weighted by molar-refractivity contribution is 6.30. The lowest BCUT2D eigenvalue weighted by molar-refractivity contribution is -0.130. The first kappa shape index (κ1) is 16.8. The number of rotatable bonds is 4. The maximum absolute atomic E-state index is 12.4. The Hall–Kier alpha value is -2.66. The van der Waals surface area contributed by atoms with Crippen molar-refractivity contribution in [1.29, 1.82) is 0 Å². The van der Waals surface area contributed by atoms with Gasteiger partial charge in [0.2, 0.25) is 17.6 Å². The van der Waals surface area contributed by atoms with E-state index in [1.165, 1.54) is 5.56 Å². The van der Waals surface area contributed by atoms with Gasteiger partial charge in [0.25, 0.3) is 0 Å². The Morgan fingerprint density at radius 1 is 1.19 bits per heavy atom. The van der Waals surface area contributed by atoms with Crippen molar-refractivity contribution in [3.05, 3.63) is 70.6 Å². The summed E-state index contributed by atoms with van der Waals surface area (Å²) in [6, 6.07) is 15.2. The second-order valence-electron chi connectivity index (χ2n) is 6.47. The molecule has 1 atom stereocenters. The fraction of sp³-hybridized carbons (Fsp3) is 0.250. The monoisotopic (exact) mass is 367 g/mol. The van der Waals surface area contributed by atoms with Crippen LogP contribution in [0.25, 0.3) is 11.4 Å². The highest BCUT2D eigenvalue weighted by Crippen LogP contribution is 2.34. The van der Waals surface area contributed by atoms with Gasteiger partial charge >= 0.3 is 0 Å². The zero-order valence-corrected chi connectivity index (χ0v) is 15.1. The van der Waals surface area contributed by atoms with E-state index in [0.717, 1.165) is 11.1 Å². The molecule has 1 aromatic heterocycles. The van der Waals surface area contributed by atoms with E-state index in [2.05, 4.69) is 23.1 Å². The van der Waals surface area contributed by atoms with E-state index in [0.29, 0.717) is 36.1 Å². The molecule has 1 aliphatic heterocycles. The number of benzene rings is 2. The molecule has 1 fully saturated rings. The molecule has 0 saturated carbocycles. The maximum atomic E-state index is 12.4. The van der Waals surface area contributed by atoms with E-state index in [9.17, 15) is 4.79 Å². The Bertz CT molecular complexity index is 936. The molecule has 0 spiro atoms. The Morgan fingerprint density at radius 2 is 1.96 bits per heavy atom. The van der Waals surface area contributed by atoms with Crippen LogP contribution in [0.2, 0.25) is 5.02 Å². The van der Waals surface area contributed by atoms with Crippen LogP contribution < -0.4 is 0 Å². The van der Waals surface area contributed by atoms with Gasteiger partial charge in [-0.15, -0.1) is 0 Å². The smallest absolute Gasteiger partial charge is 0.249 e. The molecule has 2 heterocycles. The Kier molecular flexibility index (Phi) is 4.47. The molecule has 0 bridgehead atoms. The Morgan fingerprint density at radius 3 is 2.73 bits per heavy atom. The number of amides is 1. The van der Waals surface area contributed by atoms with E-state index in [1.54, 1.807) is 12.1 Å². The van der Waals surface area contributed by atoms with Crippen LogP contribution in [0, 0.1) is 6.92 Å². The minimum atomic E-state index is -0.185.